The summed E-state index contributed by atoms with van der Waals surface area (Å²) >= 11 is 0. The molecule has 10 N–H and O–H groups in total. The maximum absolute atomic E-state index is 14.7. The van der Waals surface area contributed by atoms with Gasteiger partial charge in [0.1, 0.15) is 67.1 Å². The summed E-state index contributed by atoms with van der Waals surface area (Å²) in [4.78, 5) is 14.7. The van der Waals surface area contributed by atoms with Crippen molar-refractivity contribution < 1.29 is 84.3 Å². The second-order valence-corrected chi connectivity index (χ2v) is 23.0. The topological polar surface area (TPSA) is 275 Å². The highest BCUT2D eigenvalue weighted by Gasteiger charge is 2.70. The predicted molar refractivity (Wildman–Crippen MR) is 224 cm³/mol. The largest absolute Gasteiger partial charge is 0.432 e. The van der Waals surface area contributed by atoms with E-state index >= 15 is 0 Å². The van der Waals surface area contributed by atoms with Gasteiger partial charge < -0.3 is 79.5 Å². The third kappa shape index (κ3) is 7.58. The quantitative estimate of drug-likeness (QED) is 0.0916. The van der Waals surface area contributed by atoms with E-state index in [0.29, 0.717) is 19.3 Å². The van der Waals surface area contributed by atoms with E-state index in [1.165, 1.54) is 5.57 Å². The molecule has 17 nitrogen and oxygen atoms in total. The van der Waals surface area contributed by atoms with E-state index < -0.39 is 122 Å². The van der Waals surface area contributed by atoms with Crippen molar-refractivity contribution in [3.8, 4) is 0 Å². The lowest BCUT2D eigenvalue weighted by atomic mass is 9.33. The van der Waals surface area contributed by atoms with Gasteiger partial charge in [0, 0.05) is 0 Å². The molecule has 22 atom stereocenters. The molecule has 17 heteroatoms. The number of aliphatic hydroxyl groups excluding tert-OH is 10. The molecule has 3 saturated heterocycles. The normalized spacial score (nSPS) is 53.4. The van der Waals surface area contributed by atoms with Crippen LogP contribution in [0.25, 0.3) is 0 Å². The molecular weight excluding hydrogens is 836 g/mol. The van der Waals surface area contributed by atoms with Gasteiger partial charge >= 0.3 is 5.97 Å². The van der Waals surface area contributed by atoms with Crippen LogP contribution in [0.15, 0.2) is 11.6 Å². The number of esters is 1. The number of hydrogen-bond acceptors (Lipinski definition) is 17. The third-order valence-electron chi connectivity index (χ3n) is 18.9. The number of carbonyl (C=O) groups excluding carboxylic acids is 1. The van der Waals surface area contributed by atoms with Crippen LogP contribution in [0.1, 0.15) is 113 Å². The van der Waals surface area contributed by atoms with Gasteiger partial charge in [0.25, 0.3) is 0 Å². The first-order valence-electron chi connectivity index (χ1n) is 23.7. The summed E-state index contributed by atoms with van der Waals surface area (Å²) < 4.78 is 36.0. The van der Waals surface area contributed by atoms with Crippen LogP contribution in [0.3, 0.4) is 0 Å². The van der Waals surface area contributed by atoms with Gasteiger partial charge in [-0.2, -0.15) is 0 Å². The molecule has 8 aliphatic rings. The standard InChI is InChI=1S/C47H76O17/c1-42(2)14-16-47(41(58)64-39-36(57)33(54)31(52)25(19-48)60-39)17-15-45(6)22(23(47)18-42)8-9-28-44(5)12-11-29(43(3,4)27(44)10-13-46(28,45)7)62-40-37(34(55)32(53)26(20-49)61-40)63-38-35(56)30(51)24(50)21-59-38/h8,23-40,48-57H,9-21H2,1-7H3/t23-,24+,25+,26+,27-,28+,29-,30-,31+,32+,33-,34-,35+,36+,37+,38+,39-,40-,44-,45+,46+,47-/m0/s1. The van der Waals surface area contributed by atoms with E-state index in [0.717, 1.165) is 44.9 Å². The van der Waals surface area contributed by atoms with Crippen molar-refractivity contribution in [3.05, 3.63) is 11.6 Å². The molecule has 3 aliphatic heterocycles. The number of aliphatic hydroxyl groups is 10. The molecule has 64 heavy (non-hydrogen) atoms. The average molecular weight is 913 g/mol. The molecule has 0 spiro atoms. The van der Waals surface area contributed by atoms with Crippen LogP contribution < -0.4 is 0 Å². The molecule has 0 unspecified atom stereocenters. The molecule has 4 saturated carbocycles. The number of allylic oxidation sites excluding steroid dienone is 2. The Morgan fingerprint density at radius 1 is 0.672 bits per heavy atom. The second kappa shape index (κ2) is 17.2. The van der Waals surface area contributed by atoms with Crippen molar-refractivity contribution in [3.63, 3.8) is 0 Å². The fraction of sp³-hybridized carbons (Fsp3) is 0.936. The van der Waals surface area contributed by atoms with Gasteiger partial charge in [-0.15, -0.1) is 0 Å². The summed E-state index contributed by atoms with van der Waals surface area (Å²) in [5, 5.41) is 105. The molecule has 0 aromatic carbocycles. The Morgan fingerprint density at radius 2 is 1.30 bits per heavy atom. The van der Waals surface area contributed by atoms with Crippen LogP contribution in [-0.4, -0.2) is 169 Å². The van der Waals surface area contributed by atoms with Crippen LogP contribution in [0, 0.1) is 50.2 Å². The maximum Gasteiger partial charge on any atom is 0.315 e. The van der Waals surface area contributed by atoms with Gasteiger partial charge in [-0.1, -0.05) is 60.1 Å². The minimum atomic E-state index is -1.68. The summed E-state index contributed by atoms with van der Waals surface area (Å²) in [7, 11) is 0. The SMILES string of the molecule is CC1(C)CC[C@]2(C(=O)O[C@@H]3O[C@H](CO)[C@@H](O)[C@H](O)[C@H]3O)CC[C@]3(C)C(=CC[C@@H]4[C@@]5(C)CC[C@H](O[C@@H]6O[C@H](CO)[C@@H](O)[C@H](O)[C@H]6O[C@H]6OC[C@@H](O)[C@H](O)[C@H]6O)C(C)(C)[C@@H]5CC[C@]43C)[C@@H]2C1. The van der Waals surface area contributed by atoms with Gasteiger partial charge in [0.15, 0.2) is 12.6 Å². The van der Waals surface area contributed by atoms with Crippen LogP contribution in [0.2, 0.25) is 0 Å². The fourth-order valence-electron chi connectivity index (χ4n) is 14.7. The molecule has 366 valence electrons. The van der Waals surface area contributed by atoms with Crippen LogP contribution in [-0.2, 0) is 33.2 Å². The minimum Gasteiger partial charge on any atom is -0.432 e. The average Bonchev–Trinajstić information content (AvgIpc) is 3.24. The molecule has 8 rings (SSSR count). The van der Waals surface area contributed by atoms with Crippen molar-refractivity contribution in [1.82, 2.24) is 0 Å². The summed E-state index contributed by atoms with van der Waals surface area (Å²) in [5.74, 6) is -0.147. The molecule has 0 aromatic heterocycles. The Balaban J connectivity index is 1.04. The highest BCUT2D eigenvalue weighted by molar-refractivity contribution is 5.79. The number of fused-ring (bicyclic) bond motifs is 7. The first-order valence-corrected chi connectivity index (χ1v) is 23.7. The zero-order valence-corrected chi connectivity index (χ0v) is 38.5. The summed E-state index contributed by atoms with van der Waals surface area (Å²) in [6, 6.07) is 0. The maximum atomic E-state index is 14.7. The Bertz CT molecular complexity index is 1740. The summed E-state index contributed by atoms with van der Waals surface area (Å²) in [5.41, 5.74) is -0.599. The highest BCUT2D eigenvalue weighted by Crippen LogP contribution is 2.76. The summed E-state index contributed by atoms with van der Waals surface area (Å²) in [6.07, 6.45) is -11.1. The van der Waals surface area contributed by atoms with E-state index in [9.17, 15) is 55.9 Å². The highest BCUT2D eigenvalue weighted by atomic mass is 16.8. The molecule has 0 bridgehead atoms. The van der Waals surface area contributed by atoms with Gasteiger partial charge in [0.05, 0.1) is 31.3 Å². The molecule has 3 heterocycles. The molecule has 0 amide bonds. The molecular formula is C47H76O17. The van der Waals surface area contributed by atoms with E-state index in [2.05, 4.69) is 54.5 Å². The van der Waals surface area contributed by atoms with E-state index in [1.807, 2.05) is 0 Å². The summed E-state index contributed by atoms with van der Waals surface area (Å²) in [6.45, 7) is 14.6. The third-order valence-corrected chi connectivity index (χ3v) is 18.9. The molecule has 0 aromatic rings. The number of rotatable bonds is 8. The van der Waals surface area contributed by atoms with Crippen LogP contribution >= 0.6 is 0 Å². The Morgan fingerprint density at radius 3 is 1.97 bits per heavy atom. The van der Waals surface area contributed by atoms with Gasteiger partial charge in [0.2, 0.25) is 6.29 Å². The number of hydrogen-bond donors (Lipinski definition) is 10. The lowest BCUT2D eigenvalue weighted by Crippen LogP contribution is -2.66. The zero-order chi connectivity index (χ0) is 46.7. The van der Waals surface area contributed by atoms with Crippen molar-refractivity contribution in [2.75, 3.05) is 19.8 Å². The first-order chi connectivity index (χ1) is 29.9. The van der Waals surface area contributed by atoms with Crippen LogP contribution in [0.4, 0.5) is 0 Å². The molecule has 7 fully saturated rings. The predicted octanol–water partition coefficient (Wildman–Crippen LogP) is 0.780. The van der Waals surface area contributed by atoms with Crippen molar-refractivity contribution in [2.24, 2.45) is 50.2 Å². The minimum absolute atomic E-state index is 0.0507. The molecule has 0 radical (unpaired) electrons. The van der Waals surface area contributed by atoms with E-state index in [4.69, 9.17) is 28.4 Å². The lowest BCUT2D eigenvalue weighted by Gasteiger charge is -2.71. The molecule has 5 aliphatic carbocycles. The monoisotopic (exact) mass is 913 g/mol. The zero-order valence-electron chi connectivity index (χ0n) is 38.5. The fourth-order valence-corrected chi connectivity index (χ4v) is 14.7. The van der Waals surface area contributed by atoms with Gasteiger partial charge in [-0.25, -0.2) is 0 Å². The second-order valence-electron chi connectivity index (χ2n) is 23.0. The van der Waals surface area contributed by atoms with Crippen molar-refractivity contribution in [1.29, 1.82) is 0 Å². The van der Waals surface area contributed by atoms with Gasteiger partial charge in [-0.3, -0.25) is 4.79 Å². The van der Waals surface area contributed by atoms with E-state index in [1.54, 1.807) is 0 Å². The lowest BCUT2D eigenvalue weighted by molar-refractivity contribution is -0.370. The Kier molecular flexibility index (Phi) is 13.2. The van der Waals surface area contributed by atoms with Crippen LogP contribution in [0.5, 0.6) is 0 Å². The smallest absolute Gasteiger partial charge is 0.315 e. The number of carbonyl (C=O) groups is 1. The Labute approximate surface area is 376 Å². The van der Waals surface area contributed by atoms with Crippen molar-refractivity contribution >= 4 is 5.97 Å². The van der Waals surface area contributed by atoms with Gasteiger partial charge in [-0.05, 0) is 109 Å². The number of ether oxygens (including phenoxy) is 6. The van der Waals surface area contributed by atoms with Crippen molar-refractivity contribution in [2.45, 2.75) is 205 Å². The Hall–Kier alpha value is -1.39. The van der Waals surface area contributed by atoms with E-state index in [-0.39, 0.29) is 46.0 Å². The first kappa shape index (κ1) is 49.0.